The molecule has 10 aromatic carbocycles. The maximum atomic E-state index is 5.21. The molecule has 0 radical (unpaired) electrons. The normalized spacial score (nSPS) is 11.4. The highest BCUT2D eigenvalue weighted by Crippen LogP contribution is 2.46. The number of aromatic nitrogens is 2. The van der Waals surface area contributed by atoms with Crippen molar-refractivity contribution in [2.45, 2.75) is 0 Å². The van der Waals surface area contributed by atoms with Crippen molar-refractivity contribution in [1.29, 1.82) is 0 Å². The Balaban J connectivity index is 1.04. The van der Waals surface area contributed by atoms with Gasteiger partial charge in [0.15, 0.2) is 0 Å². The van der Waals surface area contributed by atoms with Crippen LogP contribution in [-0.4, -0.2) is 9.55 Å². The zero-order chi connectivity index (χ0) is 39.1. The summed E-state index contributed by atoms with van der Waals surface area (Å²) in [5.41, 5.74) is 16.3. The average Bonchev–Trinajstić information content (AvgIpc) is 3.71. The second kappa shape index (κ2) is 14.6. The SMILES string of the molecule is c1ccc(-c2ccc3c(-c4ccccc4)c4cc(-c5ccc(-c6ccc7c(c6)nc(-c6ccccc6)n7-c6ccccc6)cc5)ccc4c(-c4ccccc4)c3c2)cc1. The highest BCUT2D eigenvalue weighted by atomic mass is 15.1. The van der Waals surface area contributed by atoms with Gasteiger partial charge in [-0.3, -0.25) is 4.57 Å². The van der Waals surface area contributed by atoms with Gasteiger partial charge in [-0.15, -0.1) is 0 Å². The number of hydrogen-bond donors (Lipinski definition) is 0. The largest absolute Gasteiger partial charge is 0.292 e. The highest BCUT2D eigenvalue weighted by Gasteiger charge is 2.19. The minimum atomic E-state index is 0.935. The van der Waals surface area contributed by atoms with E-state index in [0.29, 0.717) is 0 Å². The van der Waals surface area contributed by atoms with Gasteiger partial charge in [0.25, 0.3) is 0 Å². The second-order valence-corrected chi connectivity index (χ2v) is 15.1. The van der Waals surface area contributed by atoms with Crippen LogP contribution in [0.4, 0.5) is 0 Å². The molecule has 0 spiro atoms. The first-order valence-electron chi connectivity index (χ1n) is 20.2. The van der Waals surface area contributed by atoms with Gasteiger partial charge < -0.3 is 0 Å². The van der Waals surface area contributed by atoms with E-state index in [-0.39, 0.29) is 0 Å². The van der Waals surface area contributed by atoms with E-state index >= 15 is 0 Å². The van der Waals surface area contributed by atoms with E-state index in [1.807, 2.05) is 6.07 Å². The summed E-state index contributed by atoms with van der Waals surface area (Å²) in [5, 5.41) is 4.98. The summed E-state index contributed by atoms with van der Waals surface area (Å²) in [7, 11) is 0. The first-order valence-corrected chi connectivity index (χ1v) is 20.2. The number of imidazole rings is 1. The summed E-state index contributed by atoms with van der Waals surface area (Å²) in [6, 6.07) is 83.0. The van der Waals surface area contributed by atoms with Crippen LogP contribution in [0, 0.1) is 0 Å². The third-order valence-electron chi connectivity index (χ3n) is 11.6. The van der Waals surface area contributed by atoms with Gasteiger partial charge in [0.05, 0.1) is 11.0 Å². The zero-order valence-corrected chi connectivity index (χ0v) is 32.3. The van der Waals surface area contributed by atoms with Crippen molar-refractivity contribution in [2.75, 3.05) is 0 Å². The molecular weight excluding hydrogens is 713 g/mol. The fourth-order valence-electron chi connectivity index (χ4n) is 8.78. The molecule has 0 unspecified atom stereocenters. The van der Waals surface area contributed by atoms with Crippen LogP contribution in [0.1, 0.15) is 0 Å². The fraction of sp³-hybridized carbons (Fsp3) is 0. The molecule has 0 amide bonds. The molecule has 0 bridgehead atoms. The molecule has 0 aliphatic heterocycles. The van der Waals surface area contributed by atoms with Crippen LogP contribution < -0.4 is 0 Å². The number of rotatable bonds is 7. The van der Waals surface area contributed by atoms with E-state index in [4.69, 9.17) is 4.98 Å². The van der Waals surface area contributed by atoms with Crippen LogP contribution in [0.3, 0.4) is 0 Å². The lowest BCUT2D eigenvalue weighted by Crippen LogP contribution is -1.97. The summed E-state index contributed by atoms with van der Waals surface area (Å²) in [4.78, 5) is 5.21. The topological polar surface area (TPSA) is 17.8 Å². The van der Waals surface area contributed by atoms with Crippen LogP contribution in [0.25, 0.3) is 105 Å². The summed E-state index contributed by atoms with van der Waals surface area (Å²) >= 11 is 0. The summed E-state index contributed by atoms with van der Waals surface area (Å²) in [5.74, 6) is 0.935. The van der Waals surface area contributed by atoms with E-state index in [1.54, 1.807) is 0 Å². The Hall–Kier alpha value is -7.81. The van der Waals surface area contributed by atoms with Gasteiger partial charge in [0.2, 0.25) is 0 Å². The van der Waals surface area contributed by atoms with Crippen molar-refractivity contribution in [1.82, 2.24) is 9.55 Å². The third-order valence-corrected chi connectivity index (χ3v) is 11.6. The summed E-state index contributed by atoms with van der Waals surface area (Å²) < 4.78 is 2.26. The van der Waals surface area contributed by atoms with Crippen molar-refractivity contribution in [2.24, 2.45) is 0 Å². The summed E-state index contributed by atoms with van der Waals surface area (Å²) in [6.45, 7) is 0. The molecule has 2 heteroatoms. The molecule has 276 valence electrons. The van der Waals surface area contributed by atoms with Gasteiger partial charge in [0, 0.05) is 11.3 Å². The second-order valence-electron chi connectivity index (χ2n) is 15.1. The van der Waals surface area contributed by atoms with Crippen LogP contribution in [0.5, 0.6) is 0 Å². The fourth-order valence-corrected chi connectivity index (χ4v) is 8.78. The average molecular weight is 751 g/mol. The third kappa shape index (κ3) is 6.19. The molecular formula is C57H38N2. The predicted octanol–water partition coefficient (Wildman–Crippen LogP) is 15.3. The first kappa shape index (κ1) is 34.4. The van der Waals surface area contributed by atoms with Crippen molar-refractivity contribution in [3.63, 3.8) is 0 Å². The highest BCUT2D eigenvalue weighted by molar-refractivity contribution is 6.22. The van der Waals surface area contributed by atoms with Crippen LogP contribution in [-0.2, 0) is 0 Å². The Bertz CT molecular complexity index is 3260. The molecule has 0 N–H and O–H groups in total. The molecule has 2 nitrogen and oxygen atoms in total. The molecule has 59 heavy (non-hydrogen) atoms. The number of nitrogens with zero attached hydrogens (tertiary/aromatic N) is 2. The van der Waals surface area contributed by atoms with Gasteiger partial charge in [-0.25, -0.2) is 4.98 Å². The lowest BCUT2D eigenvalue weighted by molar-refractivity contribution is 1.10. The Morgan fingerprint density at radius 3 is 1.14 bits per heavy atom. The van der Waals surface area contributed by atoms with Gasteiger partial charge in [-0.1, -0.05) is 194 Å². The molecule has 0 aliphatic rings. The monoisotopic (exact) mass is 750 g/mol. The van der Waals surface area contributed by atoms with Crippen molar-refractivity contribution < 1.29 is 0 Å². The Morgan fingerprint density at radius 2 is 0.644 bits per heavy atom. The molecule has 0 saturated carbocycles. The lowest BCUT2D eigenvalue weighted by atomic mass is 9.84. The number of hydrogen-bond acceptors (Lipinski definition) is 1. The van der Waals surface area contributed by atoms with E-state index in [0.717, 1.165) is 39.2 Å². The van der Waals surface area contributed by atoms with Crippen molar-refractivity contribution in [3.05, 3.63) is 231 Å². The zero-order valence-electron chi connectivity index (χ0n) is 32.3. The van der Waals surface area contributed by atoms with Crippen LogP contribution in [0.15, 0.2) is 231 Å². The van der Waals surface area contributed by atoms with Gasteiger partial charge in [-0.05, 0) is 114 Å². The Morgan fingerprint density at radius 1 is 0.271 bits per heavy atom. The number of fused-ring (bicyclic) bond motifs is 3. The molecule has 0 aliphatic carbocycles. The van der Waals surface area contributed by atoms with E-state index < -0.39 is 0 Å². The van der Waals surface area contributed by atoms with E-state index in [2.05, 4.69) is 229 Å². The maximum absolute atomic E-state index is 5.21. The molecule has 1 heterocycles. The lowest BCUT2D eigenvalue weighted by Gasteiger charge is -2.19. The molecule has 0 saturated heterocycles. The van der Waals surface area contributed by atoms with Crippen LogP contribution >= 0.6 is 0 Å². The number of benzene rings is 10. The minimum Gasteiger partial charge on any atom is -0.292 e. The molecule has 1 aromatic heterocycles. The van der Waals surface area contributed by atoms with Crippen molar-refractivity contribution >= 4 is 32.6 Å². The predicted molar refractivity (Wildman–Crippen MR) is 249 cm³/mol. The number of para-hydroxylation sites is 1. The minimum absolute atomic E-state index is 0.935. The molecule has 0 atom stereocenters. The smallest absolute Gasteiger partial charge is 0.145 e. The standard InChI is InChI=1S/C57H38N2/c1-6-16-39(17-7-1)45-30-33-49-51(36-45)55(42-18-8-2-9-19-42)50-34-31-46(37-52(50)56(49)43-20-10-3-11-21-43)40-26-28-41(29-27-40)47-32-35-54-53(38-47)58-57(44-22-12-4-13-23-44)59(54)48-24-14-5-15-25-48/h1-38H. The van der Waals surface area contributed by atoms with Gasteiger partial charge in [0.1, 0.15) is 5.82 Å². The van der Waals surface area contributed by atoms with E-state index in [1.165, 1.54) is 66.1 Å². The van der Waals surface area contributed by atoms with Crippen molar-refractivity contribution in [3.8, 4) is 72.7 Å². The Labute approximate surface area is 344 Å². The summed E-state index contributed by atoms with van der Waals surface area (Å²) in [6.07, 6.45) is 0. The van der Waals surface area contributed by atoms with E-state index in [9.17, 15) is 0 Å². The maximum Gasteiger partial charge on any atom is 0.145 e. The first-order chi connectivity index (χ1) is 29.3. The van der Waals surface area contributed by atoms with Crippen LogP contribution in [0.2, 0.25) is 0 Å². The van der Waals surface area contributed by atoms with Gasteiger partial charge >= 0.3 is 0 Å². The van der Waals surface area contributed by atoms with Gasteiger partial charge in [-0.2, -0.15) is 0 Å². The molecule has 11 aromatic rings. The molecule has 11 rings (SSSR count). The molecule has 0 fully saturated rings. The quantitative estimate of drug-likeness (QED) is 0.148. The Kier molecular flexibility index (Phi) is 8.52.